The first-order valence-electron chi connectivity index (χ1n) is 4.63. The van der Waals surface area contributed by atoms with Crippen molar-refractivity contribution in [2.45, 2.75) is 19.9 Å². The van der Waals surface area contributed by atoms with E-state index < -0.39 is 0 Å². The van der Waals surface area contributed by atoms with E-state index in [-0.39, 0.29) is 0 Å². The number of benzene rings is 1. The van der Waals surface area contributed by atoms with Crippen molar-refractivity contribution in [3.63, 3.8) is 0 Å². The van der Waals surface area contributed by atoms with E-state index in [1.807, 2.05) is 0 Å². The molecule has 0 radical (unpaired) electrons. The maximum absolute atomic E-state index is 3.58. The molecule has 0 bridgehead atoms. The average molecular weight is 240 g/mol. The highest BCUT2D eigenvalue weighted by Gasteiger charge is 2.13. The lowest BCUT2D eigenvalue weighted by Crippen LogP contribution is -2.26. The molecule has 0 unspecified atom stereocenters. The van der Waals surface area contributed by atoms with Crippen LogP contribution in [0.5, 0.6) is 0 Å². The fraction of sp³-hybridized carbons (Fsp3) is 0.455. The summed E-state index contributed by atoms with van der Waals surface area (Å²) >= 11 is 3.58. The van der Waals surface area contributed by atoms with Crippen LogP contribution in [0.25, 0.3) is 0 Å². The summed E-state index contributed by atoms with van der Waals surface area (Å²) in [7, 11) is 2.18. The molecule has 0 saturated carbocycles. The highest BCUT2D eigenvalue weighted by atomic mass is 79.9. The molecule has 0 amide bonds. The summed E-state index contributed by atoms with van der Waals surface area (Å²) in [6, 6.07) is 4.58. The molecule has 0 aliphatic carbocycles. The number of nitrogens with zero attached hydrogens (tertiary/aromatic N) is 1. The standard InChI is InChI=1S/C11H14BrN/c1-8-5-9-3-4-13(2)7-10(9)6-11(8)12/h5-6H,3-4,7H2,1-2H3. The van der Waals surface area contributed by atoms with Crippen molar-refractivity contribution in [1.82, 2.24) is 4.90 Å². The molecular weight excluding hydrogens is 226 g/mol. The second-order valence-electron chi connectivity index (χ2n) is 3.86. The predicted octanol–water partition coefficient (Wildman–Crippen LogP) is 2.75. The summed E-state index contributed by atoms with van der Waals surface area (Å²) < 4.78 is 1.24. The van der Waals surface area contributed by atoms with Gasteiger partial charge in [0.25, 0.3) is 0 Å². The Morgan fingerprint density at radius 1 is 1.31 bits per heavy atom. The van der Waals surface area contributed by atoms with Gasteiger partial charge < -0.3 is 4.90 Å². The lowest BCUT2D eigenvalue weighted by Gasteiger charge is -2.25. The molecule has 2 heteroatoms. The van der Waals surface area contributed by atoms with Crippen molar-refractivity contribution in [3.05, 3.63) is 33.3 Å². The average Bonchev–Trinajstić information content (AvgIpc) is 2.08. The van der Waals surface area contributed by atoms with Gasteiger partial charge in [-0.05, 0) is 43.1 Å². The minimum Gasteiger partial charge on any atom is -0.302 e. The monoisotopic (exact) mass is 239 g/mol. The number of likely N-dealkylation sites (N-methyl/N-ethyl adjacent to an activating group) is 1. The van der Waals surface area contributed by atoms with Crippen LogP contribution in [0.15, 0.2) is 16.6 Å². The van der Waals surface area contributed by atoms with Gasteiger partial charge >= 0.3 is 0 Å². The van der Waals surface area contributed by atoms with E-state index >= 15 is 0 Å². The third-order valence-electron chi connectivity index (χ3n) is 2.68. The zero-order valence-corrected chi connectivity index (χ0v) is 9.69. The Bertz CT molecular complexity index is 333. The van der Waals surface area contributed by atoms with E-state index in [0.29, 0.717) is 0 Å². The summed E-state index contributed by atoms with van der Waals surface area (Å²) in [4.78, 5) is 2.37. The maximum atomic E-state index is 3.58. The molecular formula is C11H14BrN. The first-order chi connectivity index (χ1) is 6.16. The van der Waals surface area contributed by atoms with Crippen LogP contribution in [-0.4, -0.2) is 18.5 Å². The van der Waals surface area contributed by atoms with Crippen LogP contribution in [-0.2, 0) is 13.0 Å². The van der Waals surface area contributed by atoms with Crippen LogP contribution < -0.4 is 0 Å². The number of hydrogen-bond acceptors (Lipinski definition) is 1. The zero-order valence-electron chi connectivity index (χ0n) is 8.10. The van der Waals surface area contributed by atoms with Crippen molar-refractivity contribution >= 4 is 15.9 Å². The van der Waals surface area contributed by atoms with E-state index in [4.69, 9.17) is 0 Å². The first kappa shape index (κ1) is 9.22. The first-order valence-corrected chi connectivity index (χ1v) is 5.42. The van der Waals surface area contributed by atoms with E-state index in [1.54, 1.807) is 0 Å². The Morgan fingerprint density at radius 2 is 2.08 bits per heavy atom. The Hall–Kier alpha value is -0.340. The van der Waals surface area contributed by atoms with Crippen molar-refractivity contribution in [1.29, 1.82) is 0 Å². The Morgan fingerprint density at radius 3 is 2.85 bits per heavy atom. The molecule has 1 heterocycles. The molecule has 1 aliphatic heterocycles. The summed E-state index contributed by atoms with van der Waals surface area (Å²) in [5.41, 5.74) is 4.35. The quantitative estimate of drug-likeness (QED) is 0.674. The van der Waals surface area contributed by atoms with E-state index in [1.165, 1.54) is 34.1 Å². The normalized spacial score (nSPS) is 17.2. The van der Waals surface area contributed by atoms with Crippen LogP contribution in [0.4, 0.5) is 0 Å². The summed E-state index contributed by atoms with van der Waals surface area (Å²) in [5, 5.41) is 0. The van der Waals surface area contributed by atoms with Gasteiger partial charge in [0.2, 0.25) is 0 Å². The second-order valence-corrected chi connectivity index (χ2v) is 4.71. The molecule has 13 heavy (non-hydrogen) atoms. The van der Waals surface area contributed by atoms with Gasteiger partial charge in [-0.3, -0.25) is 0 Å². The van der Waals surface area contributed by atoms with Crippen molar-refractivity contribution in [3.8, 4) is 0 Å². The SMILES string of the molecule is Cc1cc2c(cc1Br)CN(C)CC2. The lowest BCUT2D eigenvalue weighted by atomic mass is 9.98. The van der Waals surface area contributed by atoms with Crippen LogP contribution in [0.3, 0.4) is 0 Å². The van der Waals surface area contributed by atoms with Gasteiger partial charge in [0.05, 0.1) is 0 Å². The van der Waals surface area contributed by atoms with E-state index in [2.05, 4.69) is 46.9 Å². The van der Waals surface area contributed by atoms with Gasteiger partial charge in [0.15, 0.2) is 0 Å². The highest BCUT2D eigenvalue weighted by molar-refractivity contribution is 9.10. The molecule has 0 atom stereocenters. The maximum Gasteiger partial charge on any atom is 0.0233 e. The minimum atomic E-state index is 1.09. The Labute approximate surface area is 87.9 Å². The van der Waals surface area contributed by atoms with Gasteiger partial charge in [0, 0.05) is 17.6 Å². The molecule has 0 aromatic heterocycles. The van der Waals surface area contributed by atoms with Crippen molar-refractivity contribution < 1.29 is 0 Å². The zero-order chi connectivity index (χ0) is 9.42. The van der Waals surface area contributed by atoms with Gasteiger partial charge in [-0.25, -0.2) is 0 Å². The van der Waals surface area contributed by atoms with Gasteiger partial charge in [-0.15, -0.1) is 0 Å². The smallest absolute Gasteiger partial charge is 0.0233 e. The predicted molar refractivity (Wildman–Crippen MR) is 58.9 cm³/mol. The molecule has 1 nitrogen and oxygen atoms in total. The number of halogens is 1. The lowest BCUT2D eigenvalue weighted by molar-refractivity contribution is 0.313. The van der Waals surface area contributed by atoms with Crippen LogP contribution in [0.1, 0.15) is 16.7 Å². The summed E-state index contributed by atoms with van der Waals surface area (Å²) in [6.45, 7) is 4.44. The number of hydrogen-bond donors (Lipinski definition) is 0. The molecule has 1 aromatic rings. The Kier molecular flexibility index (Phi) is 2.43. The van der Waals surface area contributed by atoms with Crippen LogP contribution in [0, 0.1) is 6.92 Å². The third-order valence-corrected chi connectivity index (χ3v) is 3.54. The second kappa shape index (κ2) is 3.43. The van der Waals surface area contributed by atoms with E-state index in [9.17, 15) is 0 Å². The summed E-state index contributed by atoms with van der Waals surface area (Å²) in [5.74, 6) is 0. The number of rotatable bonds is 0. The van der Waals surface area contributed by atoms with Gasteiger partial charge in [-0.2, -0.15) is 0 Å². The van der Waals surface area contributed by atoms with Gasteiger partial charge in [0.1, 0.15) is 0 Å². The number of aryl methyl sites for hydroxylation is 1. The van der Waals surface area contributed by atoms with Crippen molar-refractivity contribution in [2.24, 2.45) is 0 Å². The molecule has 0 fully saturated rings. The Balaban J connectivity index is 2.43. The van der Waals surface area contributed by atoms with Crippen LogP contribution >= 0.6 is 15.9 Å². The fourth-order valence-electron chi connectivity index (χ4n) is 1.84. The van der Waals surface area contributed by atoms with Crippen molar-refractivity contribution in [2.75, 3.05) is 13.6 Å². The largest absolute Gasteiger partial charge is 0.302 e. The molecule has 0 spiro atoms. The number of fused-ring (bicyclic) bond motifs is 1. The van der Waals surface area contributed by atoms with E-state index in [0.717, 1.165) is 6.54 Å². The molecule has 2 rings (SSSR count). The molecule has 0 N–H and O–H groups in total. The fourth-order valence-corrected chi connectivity index (χ4v) is 2.23. The van der Waals surface area contributed by atoms with Crippen LogP contribution in [0.2, 0.25) is 0 Å². The highest BCUT2D eigenvalue weighted by Crippen LogP contribution is 2.25. The topological polar surface area (TPSA) is 3.24 Å². The molecule has 70 valence electrons. The third kappa shape index (κ3) is 1.79. The molecule has 1 aromatic carbocycles. The minimum absolute atomic E-state index is 1.09. The molecule has 0 saturated heterocycles. The molecule has 1 aliphatic rings. The van der Waals surface area contributed by atoms with Gasteiger partial charge in [-0.1, -0.05) is 22.0 Å². The summed E-state index contributed by atoms with van der Waals surface area (Å²) in [6.07, 6.45) is 1.19.